The van der Waals surface area contributed by atoms with Crippen LogP contribution in [0.15, 0.2) is 6.07 Å². The Labute approximate surface area is 132 Å². The lowest BCUT2D eigenvalue weighted by Gasteiger charge is -2.36. The summed E-state index contributed by atoms with van der Waals surface area (Å²) in [5.41, 5.74) is 2.20. The molecule has 0 spiro atoms. The number of hydrogen-bond acceptors (Lipinski definition) is 4. The third-order valence-electron chi connectivity index (χ3n) is 4.87. The predicted octanol–water partition coefficient (Wildman–Crippen LogP) is 0.672. The highest BCUT2D eigenvalue weighted by molar-refractivity contribution is 5.78. The first-order valence-corrected chi connectivity index (χ1v) is 8.32. The maximum absolute atomic E-state index is 12.6. The molecular weight excluding hydrogens is 278 g/mol. The van der Waals surface area contributed by atoms with Crippen LogP contribution in [0, 0.1) is 6.92 Å². The molecule has 2 saturated heterocycles. The first-order chi connectivity index (χ1) is 10.6. The van der Waals surface area contributed by atoms with Gasteiger partial charge in [-0.1, -0.05) is 0 Å². The van der Waals surface area contributed by atoms with Gasteiger partial charge in [-0.15, -0.1) is 0 Å². The van der Waals surface area contributed by atoms with Gasteiger partial charge >= 0.3 is 0 Å². The molecule has 1 amide bonds. The van der Waals surface area contributed by atoms with Crippen molar-refractivity contribution in [3.05, 3.63) is 17.5 Å². The van der Waals surface area contributed by atoms with E-state index in [-0.39, 0.29) is 5.91 Å². The summed E-state index contributed by atoms with van der Waals surface area (Å²) in [5, 5.41) is 7.39. The van der Waals surface area contributed by atoms with Gasteiger partial charge in [0, 0.05) is 50.9 Å². The molecule has 3 heterocycles. The summed E-state index contributed by atoms with van der Waals surface area (Å²) < 4.78 is 0. The number of nitrogens with one attached hydrogen (secondary N) is 1. The van der Waals surface area contributed by atoms with Gasteiger partial charge in [0.25, 0.3) is 0 Å². The number of likely N-dealkylation sites (tertiary alicyclic amines) is 1. The zero-order chi connectivity index (χ0) is 15.5. The number of piperidine rings is 1. The highest BCUT2D eigenvalue weighted by atomic mass is 16.2. The summed E-state index contributed by atoms with van der Waals surface area (Å²) >= 11 is 0. The summed E-state index contributed by atoms with van der Waals surface area (Å²) in [6.07, 6.45) is 2.20. The average Bonchev–Trinajstić information content (AvgIpc) is 2.96. The summed E-state index contributed by atoms with van der Waals surface area (Å²) in [6.45, 7) is 8.42. The molecule has 2 fully saturated rings. The van der Waals surface area contributed by atoms with Crippen molar-refractivity contribution in [2.24, 2.45) is 0 Å². The maximum atomic E-state index is 12.6. The fourth-order valence-electron chi connectivity index (χ4n) is 3.39. The van der Waals surface area contributed by atoms with Crippen LogP contribution >= 0.6 is 0 Å². The number of amides is 1. The molecule has 1 unspecified atom stereocenters. The topological polar surface area (TPSA) is 55.5 Å². The fourth-order valence-corrected chi connectivity index (χ4v) is 3.39. The van der Waals surface area contributed by atoms with Gasteiger partial charge in [-0.3, -0.25) is 14.8 Å². The van der Waals surface area contributed by atoms with Crippen LogP contribution in [0.2, 0.25) is 0 Å². The molecule has 0 aliphatic carbocycles. The lowest BCUT2D eigenvalue weighted by molar-refractivity contribution is -0.134. The van der Waals surface area contributed by atoms with Crippen LogP contribution in [0.4, 0.5) is 0 Å². The number of likely N-dealkylation sites (N-methyl/N-ethyl adjacent to an activating group) is 1. The Balaban J connectivity index is 1.54. The van der Waals surface area contributed by atoms with E-state index in [0.29, 0.717) is 12.5 Å². The lowest BCUT2D eigenvalue weighted by Crippen LogP contribution is -2.50. The molecule has 2 aliphatic heterocycles. The molecule has 22 heavy (non-hydrogen) atoms. The van der Waals surface area contributed by atoms with Crippen LogP contribution in [0.3, 0.4) is 0 Å². The fraction of sp³-hybridized carbons (Fsp3) is 0.750. The molecule has 2 aliphatic rings. The van der Waals surface area contributed by atoms with Crippen LogP contribution in [0.1, 0.15) is 30.1 Å². The van der Waals surface area contributed by atoms with Crippen molar-refractivity contribution < 1.29 is 4.79 Å². The Bertz CT molecular complexity index is 506. The molecule has 6 heteroatoms. The zero-order valence-corrected chi connectivity index (χ0v) is 13.7. The van der Waals surface area contributed by atoms with E-state index in [1.54, 1.807) is 0 Å². The van der Waals surface area contributed by atoms with Crippen LogP contribution in [0.25, 0.3) is 0 Å². The van der Waals surface area contributed by atoms with E-state index in [1.165, 1.54) is 0 Å². The number of aromatic nitrogens is 2. The number of rotatable bonds is 3. The second-order valence-corrected chi connectivity index (χ2v) is 6.73. The van der Waals surface area contributed by atoms with E-state index in [4.69, 9.17) is 0 Å². The van der Waals surface area contributed by atoms with Gasteiger partial charge in [0.05, 0.1) is 12.2 Å². The van der Waals surface area contributed by atoms with Gasteiger partial charge in [-0.05, 0) is 32.9 Å². The first-order valence-electron chi connectivity index (χ1n) is 8.32. The summed E-state index contributed by atoms with van der Waals surface area (Å²) in [6, 6.07) is 2.11. The van der Waals surface area contributed by atoms with Crippen LogP contribution in [-0.4, -0.2) is 83.7 Å². The van der Waals surface area contributed by atoms with Gasteiger partial charge in [0.1, 0.15) is 0 Å². The minimum absolute atomic E-state index is 0.279. The molecule has 0 aromatic carbocycles. The van der Waals surface area contributed by atoms with E-state index in [1.807, 2.05) is 11.8 Å². The number of nitrogens with zero attached hydrogens (tertiary/aromatic N) is 4. The van der Waals surface area contributed by atoms with Crippen molar-refractivity contribution in [1.29, 1.82) is 0 Å². The van der Waals surface area contributed by atoms with Crippen molar-refractivity contribution >= 4 is 5.91 Å². The molecule has 0 radical (unpaired) electrons. The Hall–Kier alpha value is -1.40. The maximum Gasteiger partial charge on any atom is 0.236 e. The smallest absolute Gasteiger partial charge is 0.236 e. The third kappa shape index (κ3) is 3.67. The van der Waals surface area contributed by atoms with Gasteiger partial charge in [-0.25, -0.2) is 0 Å². The number of piperazine rings is 1. The standard InChI is InChI=1S/C16H27N5O/c1-13-10-15(18-17-13)14-4-3-5-21(11-14)16(22)12-20-8-6-19(2)7-9-20/h10,14H,3-9,11-12H2,1-2H3,(H,17,18). The number of aromatic amines is 1. The van der Waals surface area contributed by atoms with E-state index in [2.05, 4.69) is 33.1 Å². The molecular formula is C16H27N5O. The van der Waals surface area contributed by atoms with E-state index < -0.39 is 0 Å². The minimum atomic E-state index is 0.279. The minimum Gasteiger partial charge on any atom is -0.341 e. The largest absolute Gasteiger partial charge is 0.341 e. The van der Waals surface area contributed by atoms with Crippen molar-refractivity contribution in [3.63, 3.8) is 0 Å². The number of carbonyl (C=O) groups is 1. The lowest BCUT2D eigenvalue weighted by atomic mass is 9.94. The van der Waals surface area contributed by atoms with Gasteiger partial charge in [0.2, 0.25) is 5.91 Å². The van der Waals surface area contributed by atoms with Crippen molar-refractivity contribution in [1.82, 2.24) is 24.9 Å². The van der Waals surface area contributed by atoms with Crippen LogP contribution < -0.4 is 0 Å². The Kier molecular flexibility index (Phi) is 4.78. The van der Waals surface area contributed by atoms with Gasteiger partial charge < -0.3 is 9.80 Å². The second-order valence-electron chi connectivity index (χ2n) is 6.73. The number of aryl methyl sites for hydroxylation is 1. The van der Waals surface area contributed by atoms with Crippen LogP contribution in [-0.2, 0) is 4.79 Å². The highest BCUT2D eigenvalue weighted by Gasteiger charge is 2.27. The molecule has 0 bridgehead atoms. The first kappa shape index (κ1) is 15.5. The second kappa shape index (κ2) is 6.79. The molecule has 1 atom stereocenters. The Morgan fingerprint density at radius 3 is 2.77 bits per heavy atom. The average molecular weight is 305 g/mol. The normalized spacial score (nSPS) is 24.6. The number of H-pyrrole nitrogens is 1. The monoisotopic (exact) mass is 305 g/mol. The third-order valence-corrected chi connectivity index (χ3v) is 4.87. The quantitative estimate of drug-likeness (QED) is 0.892. The molecule has 0 saturated carbocycles. The number of hydrogen-bond donors (Lipinski definition) is 1. The van der Waals surface area contributed by atoms with Crippen LogP contribution in [0.5, 0.6) is 0 Å². The van der Waals surface area contributed by atoms with Crippen molar-refractivity contribution in [3.8, 4) is 0 Å². The zero-order valence-electron chi connectivity index (χ0n) is 13.7. The van der Waals surface area contributed by atoms with Gasteiger partial charge in [0.15, 0.2) is 0 Å². The molecule has 1 aromatic heterocycles. The van der Waals surface area contributed by atoms with E-state index in [0.717, 1.165) is 63.5 Å². The molecule has 3 rings (SSSR count). The molecule has 122 valence electrons. The predicted molar refractivity (Wildman–Crippen MR) is 85.8 cm³/mol. The van der Waals surface area contributed by atoms with Crippen molar-refractivity contribution in [2.75, 3.05) is 52.9 Å². The Morgan fingerprint density at radius 1 is 1.32 bits per heavy atom. The van der Waals surface area contributed by atoms with Gasteiger partial charge in [-0.2, -0.15) is 5.10 Å². The van der Waals surface area contributed by atoms with E-state index in [9.17, 15) is 4.79 Å². The molecule has 1 N–H and O–H groups in total. The van der Waals surface area contributed by atoms with E-state index >= 15 is 0 Å². The Morgan fingerprint density at radius 2 is 2.09 bits per heavy atom. The highest BCUT2D eigenvalue weighted by Crippen LogP contribution is 2.26. The molecule has 6 nitrogen and oxygen atoms in total. The summed E-state index contributed by atoms with van der Waals surface area (Å²) in [7, 11) is 2.14. The molecule has 1 aromatic rings. The summed E-state index contributed by atoms with van der Waals surface area (Å²) in [5.74, 6) is 0.664. The summed E-state index contributed by atoms with van der Waals surface area (Å²) in [4.78, 5) is 19.2. The SMILES string of the molecule is Cc1cc(C2CCCN(C(=O)CN3CCN(C)CC3)C2)n[nH]1. The number of carbonyl (C=O) groups excluding carboxylic acids is 1. The van der Waals surface area contributed by atoms with Crippen molar-refractivity contribution in [2.45, 2.75) is 25.7 Å².